The van der Waals surface area contributed by atoms with Crippen LogP contribution in [0.4, 0.5) is 11.6 Å². The Morgan fingerprint density at radius 3 is 2.58 bits per heavy atom. The first kappa shape index (κ1) is 23.6. The van der Waals surface area contributed by atoms with Gasteiger partial charge in [-0.3, -0.25) is 15.5 Å². The molecule has 0 bridgehead atoms. The molecule has 9 heteroatoms. The fourth-order valence-electron chi connectivity index (χ4n) is 3.00. The van der Waals surface area contributed by atoms with Crippen molar-refractivity contribution in [1.29, 1.82) is 5.41 Å². The molecule has 0 aliphatic heterocycles. The van der Waals surface area contributed by atoms with Crippen LogP contribution >= 0.6 is 0 Å². The number of nitrogens with one attached hydrogen (secondary N) is 2. The third kappa shape index (κ3) is 6.96. The molecule has 0 aliphatic rings. The number of anilines is 1. The number of rotatable bonds is 11. The molecule has 1 heterocycles. The van der Waals surface area contributed by atoms with Gasteiger partial charge in [-0.1, -0.05) is 24.3 Å². The summed E-state index contributed by atoms with van der Waals surface area (Å²) in [5.41, 5.74) is 7.39. The summed E-state index contributed by atoms with van der Waals surface area (Å²) in [4.78, 5) is 20.1. The molecule has 0 aliphatic carbocycles. The minimum Gasteiger partial charge on any atom is -0.457 e. The van der Waals surface area contributed by atoms with Crippen molar-refractivity contribution in [2.24, 2.45) is 0 Å². The molecule has 0 spiro atoms. The van der Waals surface area contributed by atoms with Crippen molar-refractivity contribution >= 4 is 23.3 Å². The van der Waals surface area contributed by atoms with Gasteiger partial charge in [0.15, 0.2) is 0 Å². The zero-order chi connectivity index (χ0) is 23.5. The lowest BCUT2D eigenvalue weighted by molar-refractivity contribution is -0.573. The van der Waals surface area contributed by atoms with E-state index in [9.17, 15) is 4.79 Å². The first-order valence-corrected chi connectivity index (χ1v) is 10.4. The van der Waals surface area contributed by atoms with Gasteiger partial charge in [0.05, 0.1) is 25.4 Å². The van der Waals surface area contributed by atoms with Crippen molar-refractivity contribution in [1.82, 2.24) is 15.3 Å². The molecule has 3 aromatic rings. The van der Waals surface area contributed by atoms with Crippen molar-refractivity contribution in [3.05, 3.63) is 84.2 Å². The lowest BCUT2D eigenvalue weighted by Gasteiger charge is -2.11. The maximum atomic E-state index is 11.7. The number of carbonyl (C=O) groups is 1. The van der Waals surface area contributed by atoms with E-state index in [1.807, 2.05) is 35.6 Å². The van der Waals surface area contributed by atoms with E-state index in [0.717, 1.165) is 5.75 Å². The van der Waals surface area contributed by atoms with Crippen LogP contribution in [0.3, 0.4) is 0 Å². The summed E-state index contributed by atoms with van der Waals surface area (Å²) in [6, 6.07) is 16.7. The van der Waals surface area contributed by atoms with E-state index in [4.69, 9.17) is 20.6 Å². The van der Waals surface area contributed by atoms with E-state index >= 15 is 0 Å². The van der Waals surface area contributed by atoms with Gasteiger partial charge in [0.2, 0.25) is 11.7 Å². The summed E-state index contributed by atoms with van der Waals surface area (Å²) in [5.74, 6) is 1.96. The van der Waals surface area contributed by atoms with Gasteiger partial charge in [-0.15, -0.1) is 0 Å². The quantitative estimate of drug-likeness (QED) is 0.201. The first-order valence-electron chi connectivity index (χ1n) is 10.4. The zero-order valence-corrected chi connectivity index (χ0v) is 18.3. The maximum absolute atomic E-state index is 11.7. The van der Waals surface area contributed by atoms with Crippen LogP contribution in [0.2, 0.25) is 0 Å². The third-order valence-electron chi connectivity index (χ3n) is 4.59. The van der Waals surface area contributed by atoms with Gasteiger partial charge in [-0.25, -0.2) is 4.98 Å². The maximum Gasteiger partial charge on any atom is 0.243 e. The van der Waals surface area contributed by atoms with E-state index in [0.29, 0.717) is 42.4 Å². The van der Waals surface area contributed by atoms with Gasteiger partial charge in [-0.2, -0.15) is 4.98 Å². The molecule has 9 nitrogen and oxygen atoms in total. The highest BCUT2D eigenvalue weighted by molar-refractivity contribution is 6.15. The zero-order valence-electron chi connectivity index (χ0n) is 18.3. The number of para-hydroxylation sites is 1. The van der Waals surface area contributed by atoms with Crippen molar-refractivity contribution in [3.8, 4) is 11.5 Å². The second kappa shape index (κ2) is 12.1. The van der Waals surface area contributed by atoms with Crippen LogP contribution in [0.15, 0.2) is 73.1 Å². The minimum absolute atomic E-state index is 0.201. The van der Waals surface area contributed by atoms with Crippen LogP contribution in [0.5, 0.6) is 11.5 Å². The van der Waals surface area contributed by atoms with Gasteiger partial charge in [-0.05, 0) is 36.4 Å². The number of aromatic nitrogens is 2. The lowest BCUT2D eigenvalue weighted by Crippen LogP contribution is -2.80. The van der Waals surface area contributed by atoms with Crippen LogP contribution in [-0.4, -0.2) is 48.4 Å². The standard InChI is InChI=1S/C24H26N6O3/c1-32-15-5-8-20(31)27-13-14-28-24-21(23(26)29-16-30-24)22(25)17-9-11-19(12-10-17)33-18-6-3-2-4-7-18/h2-12,16,25H,13-15H2,1H3,(H,27,31)(H3,26,28,29,30)/p+1/b8-5+,25-22?. The molecule has 170 valence electrons. The van der Waals surface area contributed by atoms with Crippen molar-refractivity contribution < 1.29 is 19.6 Å². The molecule has 2 aromatic carbocycles. The normalized spacial score (nSPS) is 10.8. The van der Waals surface area contributed by atoms with Crippen LogP contribution < -0.4 is 21.1 Å². The predicted molar refractivity (Wildman–Crippen MR) is 126 cm³/mol. The fraction of sp³-hybridized carbons (Fsp3) is 0.167. The number of methoxy groups -OCH3 is 1. The van der Waals surface area contributed by atoms with Crippen LogP contribution in [-0.2, 0) is 9.53 Å². The molecule has 6 N–H and O–H groups in total. The molecule has 0 atom stereocenters. The molecular formula is C24H27N6O3+. The molecule has 3 rings (SSSR count). The number of benzene rings is 2. The van der Waals surface area contributed by atoms with Gasteiger partial charge >= 0.3 is 0 Å². The van der Waals surface area contributed by atoms with E-state index in [2.05, 4.69) is 15.3 Å². The fourth-order valence-corrected chi connectivity index (χ4v) is 3.00. The number of nitrogen functional groups attached to an aromatic ring is 1. The number of nitrogens with two attached hydrogens (primary N) is 2. The number of amides is 1. The van der Waals surface area contributed by atoms with Crippen LogP contribution in [0.25, 0.3) is 0 Å². The second-order valence-corrected chi connectivity index (χ2v) is 6.98. The monoisotopic (exact) mass is 447 g/mol. The van der Waals surface area contributed by atoms with Crippen molar-refractivity contribution in [2.45, 2.75) is 0 Å². The highest BCUT2D eigenvalue weighted by atomic mass is 16.5. The average Bonchev–Trinajstić information content (AvgIpc) is 2.83. The number of carbonyl (C=O) groups excluding carboxylic acids is 1. The third-order valence-corrected chi connectivity index (χ3v) is 4.59. The second-order valence-electron chi connectivity index (χ2n) is 6.98. The van der Waals surface area contributed by atoms with E-state index < -0.39 is 0 Å². The molecule has 0 fully saturated rings. The van der Waals surface area contributed by atoms with Gasteiger partial charge < -0.3 is 20.5 Å². The molecule has 1 aromatic heterocycles. The SMILES string of the molecule is COC/C=C/C(=O)NCC[NH2+]c1ncnc(N)c1C(=N)c1ccc(Oc2ccccc2)cc1. The van der Waals surface area contributed by atoms with Gasteiger partial charge in [0.1, 0.15) is 29.2 Å². The number of ether oxygens (including phenoxy) is 2. The molecule has 0 radical (unpaired) electrons. The highest BCUT2D eigenvalue weighted by Crippen LogP contribution is 2.23. The Hall–Kier alpha value is -4.08. The molecule has 1 amide bonds. The van der Waals surface area contributed by atoms with Gasteiger partial charge in [0.25, 0.3) is 0 Å². The largest absolute Gasteiger partial charge is 0.457 e. The number of nitrogens with zero attached hydrogens (tertiary/aromatic N) is 2. The first-order chi connectivity index (χ1) is 16.1. The molecule has 0 saturated heterocycles. The summed E-state index contributed by atoms with van der Waals surface area (Å²) in [6.07, 6.45) is 4.43. The predicted octanol–water partition coefficient (Wildman–Crippen LogP) is 1.78. The smallest absolute Gasteiger partial charge is 0.243 e. The molecule has 0 saturated carbocycles. The average molecular weight is 448 g/mol. The van der Waals surface area contributed by atoms with Crippen molar-refractivity contribution in [3.63, 3.8) is 0 Å². The summed E-state index contributed by atoms with van der Waals surface area (Å²) < 4.78 is 10.7. The summed E-state index contributed by atoms with van der Waals surface area (Å²) in [5, 5.41) is 13.3. The Bertz CT molecular complexity index is 1100. The molecular weight excluding hydrogens is 420 g/mol. The van der Waals surface area contributed by atoms with E-state index in [-0.39, 0.29) is 17.4 Å². The minimum atomic E-state index is -0.201. The Labute approximate surface area is 192 Å². The van der Waals surface area contributed by atoms with E-state index in [1.165, 1.54) is 12.4 Å². The number of hydrogen-bond donors (Lipinski definition) is 4. The Balaban J connectivity index is 1.64. The van der Waals surface area contributed by atoms with Crippen LogP contribution in [0.1, 0.15) is 11.1 Å². The van der Waals surface area contributed by atoms with Crippen LogP contribution in [0, 0.1) is 5.41 Å². The Morgan fingerprint density at radius 1 is 1.12 bits per heavy atom. The summed E-state index contributed by atoms with van der Waals surface area (Å²) in [7, 11) is 1.56. The molecule has 0 unspecified atom stereocenters. The van der Waals surface area contributed by atoms with Crippen molar-refractivity contribution in [2.75, 3.05) is 32.5 Å². The lowest BCUT2D eigenvalue weighted by atomic mass is 10.0. The summed E-state index contributed by atoms with van der Waals surface area (Å²) in [6.45, 7) is 1.31. The summed E-state index contributed by atoms with van der Waals surface area (Å²) >= 11 is 0. The topological polar surface area (TPSA) is 140 Å². The number of quaternary nitrogens is 1. The highest BCUT2D eigenvalue weighted by Gasteiger charge is 2.19. The molecule has 33 heavy (non-hydrogen) atoms. The van der Waals surface area contributed by atoms with Gasteiger partial charge in [0, 0.05) is 18.7 Å². The number of hydrogen-bond acceptors (Lipinski definition) is 7. The Morgan fingerprint density at radius 2 is 1.85 bits per heavy atom. The Kier molecular flexibility index (Phi) is 8.63. The van der Waals surface area contributed by atoms with E-state index in [1.54, 1.807) is 37.5 Å².